The average Bonchev–Trinajstić information content (AvgIpc) is 3.08. The summed E-state index contributed by atoms with van der Waals surface area (Å²) in [5.74, 6) is -1.81. The smallest absolute Gasteiger partial charge is 0.306 e. The van der Waals surface area contributed by atoms with E-state index < -0.39 is 18.1 Å². The maximum absolute atomic E-state index is 12.6. The first-order valence-electron chi connectivity index (χ1n) is 19.5. The predicted octanol–water partition coefficient (Wildman–Crippen LogP) is 8.68. The van der Waals surface area contributed by atoms with Crippen LogP contribution in [0, 0.1) is 0 Å². The molecule has 0 aliphatic heterocycles. The number of quaternary nitrogens is 1. The average molecular weight is 714 g/mol. The molecule has 0 fully saturated rings. The van der Waals surface area contributed by atoms with Crippen LogP contribution >= 0.6 is 0 Å². The van der Waals surface area contributed by atoms with Gasteiger partial charge in [-0.3, -0.25) is 9.59 Å². The van der Waals surface area contributed by atoms with Crippen LogP contribution in [0.2, 0.25) is 0 Å². The number of carboxylic acid groups (broad SMARTS) is 1. The molecule has 0 bridgehead atoms. The number of likely N-dealkylation sites (N-methyl/N-ethyl adjacent to an activating group) is 1. The van der Waals surface area contributed by atoms with Gasteiger partial charge in [-0.05, 0) is 32.1 Å². The van der Waals surface area contributed by atoms with Gasteiger partial charge in [0, 0.05) is 19.3 Å². The Balaban J connectivity index is 4.54. The summed E-state index contributed by atoms with van der Waals surface area (Å²) in [6.45, 7) is 4.42. The van der Waals surface area contributed by atoms with Crippen LogP contribution in [0.3, 0.4) is 0 Å². The summed E-state index contributed by atoms with van der Waals surface area (Å²) in [5.41, 5.74) is 0. The first-order valence-corrected chi connectivity index (χ1v) is 19.5. The van der Waals surface area contributed by atoms with Gasteiger partial charge in [0.25, 0.3) is 0 Å². The minimum absolute atomic E-state index is 0.0195. The van der Waals surface area contributed by atoms with Crippen molar-refractivity contribution in [2.75, 3.05) is 41.0 Å². The van der Waals surface area contributed by atoms with E-state index in [1.54, 1.807) is 21.1 Å². The lowest BCUT2D eigenvalue weighted by molar-refractivity contribution is -0.889. The first-order chi connectivity index (χ1) is 24.6. The number of hydrogen-bond acceptors (Lipinski definition) is 7. The minimum Gasteiger partial charge on any atom is -0.544 e. The molecule has 0 radical (unpaired) electrons. The Hall–Kier alpha value is -3.23. The topological polar surface area (TPSA) is 102 Å². The Labute approximate surface area is 311 Å². The van der Waals surface area contributed by atoms with Crippen LogP contribution in [0.5, 0.6) is 0 Å². The second-order valence-corrected chi connectivity index (χ2v) is 13.9. The van der Waals surface area contributed by atoms with E-state index in [-0.39, 0.29) is 49.1 Å². The first kappa shape index (κ1) is 47.8. The molecule has 0 aromatic rings. The molecule has 0 aliphatic rings. The van der Waals surface area contributed by atoms with Crippen LogP contribution in [0.15, 0.2) is 72.9 Å². The molecule has 0 aromatic heterocycles. The zero-order valence-corrected chi connectivity index (χ0v) is 32.7. The summed E-state index contributed by atoms with van der Waals surface area (Å²) in [4.78, 5) is 36.6. The van der Waals surface area contributed by atoms with Crippen LogP contribution in [-0.2, 0) is 28.6 Å². The number of esters is 2. The third-order valence-corrected chi connectivity index (χ3v) is 8.27. The fraction of sp³-hybridized carbons (Fsp3) is 0.651. The van der Waals surface area contributed by atoms with Crippen LogP contribution < -0.4 is 5.11 Å². The highest BCUT2D eigenvalue weighted by molar-refractivity contribution is 5.70. The maximum Gasteiger partial charge on any atom is 0.306 e. The molecular formula is C43H71NO7. The van der Waals surface area contributed by atoms with Gasteiger partial charge in [0.2, 0.25) is 0 Å². The highest BCUT2D eigenvalue weighted by atomic mass is 16.6. The SMILES string of the molecule is CC/C=C/C=C/C=C/C=C/C=C/C=C/CCCCCC(=O)OC(COCCC(C(=O)[O-])[N+](C)(C)C)COC(=O)CCCCCCCCCCCC. The largest absolute Gasteiger partial charge is 0.544 e. The molecule has 290 valence electrons. The molecule has 8 nitrogen and oxygen atoms in total. The zero-order chi connectivity index (χ0) is 37.8. The number of carbonyl (C=O) groups excluding carboxylic acids is 3. The molecule has 0 N–H and O–H groups in total. The summed E-state index contributed by atoms with van der Waals surface area (Å²) in [5, 5.41) is 11.6. The highest BCUT2D eigenvalue weighted by Crippen LogP contribution is 2.13. The lowest BCUT2D eigenvalue weighted by Crippen LogP contribution is -2.55. The van der Waals surface area contributed by atoms with E-state index in [2.05, 4.69) is 26.0 Å². The second-order valence-electron chi connectivity index (χ2n) is 13.9. The summed E-state index contributed by atoms with van der Waals surface area (Å²) < 4.78 is 17.0. The van der Waals surface area contributed by atoms with Gasteiger partial charge in [-0.1, -0.05) is 151 Å². The van der Waals surface area contributed by atoms with Crippen LogP contribution in [-0.4, -0.2) is 75.5 Å². The third-order valence-electron chi connectivity index (χ3n) is 8.27. The Morgan fingerprint density at radius 2 is 1.10 bits per heavy atom. The van der Waals surface area contributed by atoms with Crippen molar-refractivity contribution in [3.63, 3.8) is 0 Å². The number of ether oxygens (including phenoxy) is 3. The van der Waals surface area contributed by atoms with Crippen LogP contribution in [0.4, 0.5) is 0 Å². The number of nitrogens with zero attached hydrogens (tertiary/aromatic N) is 1. The zero-order valence-electron chi connectivity index (χ0n) is 32.7. The van der Waals surface area contributed by atoms with E-state index in [9.17, 15) is 19.5 Å². The van der Waals surface area contributed by atoms with E-state index in [4.69, 9.17) is 14.2 Å². The lowest BCUT2D eigenvalue weighted by atomic mass is 10.1. The van der Waals surface area contributed by atoms with E-state index in [1.807, 2.05) is 60.8 Å². The van der Waals surface area contributed by atoms with Gasteiger partial charge in [0.05, 0.1) is 40.3 Å². The molecule has 2 atom stereocenters. The summed E-state index contributed by atoms with van der Waals surface area (Å²) >= 11 is 0. The van der Waals surface area contributed by atoms with Crippen molar-refractivity contribution in [2.24, 2.45) is 0 Å². The van der Waals surface area contributed by atoms with Crippen LogP contribution in [0.1, 0.15) is 129 Å². The lowest BCUT2D eigenvalue weighted by Gasteiger charge is -2.34. The number of allylic oxidation sites excluding steroid dienone is 12. The molecule has 0 spiro atoms. The van der Waals surface area contributed by atoms with Gasteiger partial charge in [0.15, 0.2) is 6.10 Å². The molecule has 0 saturated heterocycles. The molecule has 0 aromatic carbocycles. The molecule has 2 unspecified atom stereocenters. The van der Waals surface area contributed by atoms with E-state index in [0.717, 1.165) is 44.9 Å². The maximum atomic E-state index is 12.6. The van der Waals surface area contributed by atoms with Crippen molar-refractivity contribution in [1.29, 1.82) is 0 Å². The number of rotatable bonds is 33. The van der Waals surface area contributed by atoms with Crippen molar-refractivity contribution in [3.05, 3.63) is 72.9 Å². The number of unbranched alkanes of at least 4 members (excludes halogenated alkanes) is 12. The van der Waals surface area contributed by atoms with Crippen molar-refractivity contribution >= 4 is 17.9 Å². The molecule has 0 aliphatic carbocycles. The van der Waals surface area contributed by atoms with Crippen molar-refractivity contribution in [1.82, 2.24) is 0 Å². The van der Waals surface area contributed by atoms with Gasteiger partial charge in [-0.25, -0.2) is 0 Å². The van der Waals surface area contributed by atoms with Gasteiger partial charge in [-0.15, -0.1) is 0 Å². The molecular weight excluding hydrogens is 642 g/mol. The fourth-order valence-electron chi connectivity index (χ4n) is 5.22. The van der Waals surface area contributed by atoms with Crippen molar-refractivity contribution in [2.45, 2.75) is 142 Å². The van der Waals surface area contributed by atoms with Gasteiger partial charge in [0.1, 0.15) is 12.6 Å². The predicted molar refractivity (Wildman–Crippen MR) is 208 cm³/mol. The fourth-order valence-corrected chi connectivity index (χ4v) is 5.22. The number of carboxylic acids is 1. The Kier molecular flexibility index (Phi) is 31.7. The quantitative estimate of drug-likeness (QED) is 0.0290. The third kappa shape index (κ3) is 32.4. The Bertz CT molecular complexity index is 1060. The Morgan fingerprint density at radius 3 is 1.63 bits per heavy atom. The number of carbonyl (C=O) groups is 3. The molecule has 8 heteroatoms. The number of aliphatic carboxylic acids is 1. The monoisotopic (exact) mass is 714 g/mol. The summed E-state index contributed by atoms with van der Waals surface area (Å²) in [6.07, 6.45) is 40.7. The van der Waals surface area contributed by atoms with Crippen LogP contribution in [0.25, 0.3) is 0 Å². The standard InChI is InChI=1S/C43H71NO7/c1-6-8-10-12-14-16-18-19-20-21-22-23-24-26-28-30-32-34-42(46)51-39(37-49-36-35-40(43(47)48)44(3,4)5)38-50-41(45)33-31-29-27-25-17-15-13-11-9-7-2/h8,10,12,14,16,18-24,39-40H,6-7,9,11,13,15,17,25-38H2,1-5H3/b10-8+,14-12+,18-16+,20-19+,22-21+,24-23+. The molecule has 0 saturated carbocycles. The normalized spacial score (nSPS) is 13.8. The van der Waals surface area contributed by atoms with Gasteiger partial charge < -0.3 is 28.6 Å². The van der Waals surface area contributed by atoms with Gasteiger partial charge in [-0.2, -0.15) is 0 Å². The van der Waals surface area contributed by atoms with Crippen molar-refractivity contribution < 1.29 is 38.2 Å². The molecule has 51 heavy (non-hydrogen) atoms. The van der Waals surface area contributed by atoms with E-state index in [0.29, 0.717) is 12.8 Å². The van der Waals surface area contributed by atoms with E-state index in [1.165, 1.54) is 44.9 Å². The molecule has 0 amide bonds. The second kappa shape index (κ2) is 33.9. The number of hydrogen-bond donors (Lipinski definition) is 0. The minimum atomic E-state index is -1.14. The Morgan fingerprint density at radius 1 is 0.608 bits per heavy atom. The van der Waals surface area contributed by atoms with E-state index >= 15 is 0 Å². The molecule has 0 heterocycles. The van der Waals surface area contributed by atoms with Gasteiger partial charge >= 0.3 is 11.9 Å². The van der Waals surface area contributed by atoms with Crippen molar-refractivity contribution in [3.8, 4) is 0 Å². The summed E-state index contributed by atoms with van der Waals surface area (Å²) in [6, 6.07) is -0.735. The molecule has 0 rings (SSSR count). The summed E-state index contributed by atoms with van der Waals surface area (Å²) in [7, 11) is 5.37. The highest BCUT2D eigenvalue weighted by Gasteiger charge is 2.25.